The molecule has 4 nitrogen and oxygen atoms in total. The average Bonchev–Trinajstić information content (AvgIpc) is 3.02. The van der Waals surface area contributed by atoms with Crippen molar-refractivity contribution < 1.29 is 13.9 Å². The molecule has 0 spiro atoms. The predicted octanol–water partition coefficient (Wildman–Crippen LogP) is 3.70. The smallest absolute Gasteiger partial charge is 0.246 e. The van der Waals surface area contributed by atoms with Gasteiger partial charge in [0.1, 0.15) is 18.0 Å². The van der Waals surface area contributed by atoms with Crippen LogP contribution in [0.4, 0.5) is 0 Å². The van der Waals surface area contributed by atoms with E-state index in [1.807, 2.05) is 54.6 Å². The summed E-state index contributed by atoms with van der Waals surface area (Å²) in [7, 11) is 0. The SMILES string of the molecule is O=C(COCc1ccccc1)NCCCc1cc2ccccc2o1. The lowest BCUT2D eigenvalue weighted by atomic mass is 10.2. The molecule has 0 radical (unpaired) electrons. The minimum Gasteiger partial charge on any atom is -0.461 e. The molecule has 3 rings (SSSR count). The molecule has 0 bridgehead atoms. The van der Waals surface area contributed by atoms with Gasteiger partial charge in [-0.05, 0) is 24.1 Å². The molecule has 0 saturated carbocycles. The van der Waals surface area contributed by atoms with E-state index in [4.69, 9.17) is 9.15 Å². The maximum absolute atomic E-state index is 11.7. The van der Waals surface area contributed by atoms with Gasteiger partial charge in [0.25, 0.3) is 0 Å². The molecule has 24 heavy (non-hydrogen) atoms. The first-order chi connectivity index (χ1) is 11.8. The number of hydrogen-bond donors (Lipinski definition) is 1. The van der Waals surface area contributed by atoms with Gasteiger partial charge < -0.3 is 14.5 Å². The van der Waals surface area contributed by atoms with E-state index in [2.05, 4.69) is 11.4 Å². The highest BCUT2D eigenvalue weighted by molar-refractivity contribution is 5.78. The highest BCUT2D eigenvalue weighted by Crippen LogP contribution is 2.19. The first-order valence-corrected chi connectivity index (χ1v) is 8.17. The predicted molar refractivity (Wildman–Crippen MR) is 93.6 cm³/mol. The largest absolute Gasteiger partial charge is 0.461 e. The molecule has 0 aliphatic carbocycles. The van der Waals surface area contributed by atoms with Crippen LogP contribution in [0.25, 0.3) is 11.0 Å². The van der Waals surface area contributed by atoms with E-state index in [0.29, 0.717) is 13.2 Å². The van der Waals surface area contributed by atoms with Crippen molar-refractivity contribution in [2.45, 2.75) is 19.4 Å². The Balaban J connectivity index is 1.32. The van der Waals surface area contributed by atoms with Gasteiger partial charge in [-0.1, -0.05) is 48.5 Å². The molecule has 0 unspecified atom stereocenters. The van der Waals surface area contributed by atoms with Crippen LogP contribution in [0.1, 0.15) is 17.7 Å². The summed E-state index contributed by atoms with van der Waals surface area (Å²) in [5, 5.41) is 3.98. The highest BCUT2D eigenvalue weighted by Gasteiger charge is 2.04. The van der Waals surface area contributed by atoms with E-state index >= 15 is 0 Å². The number of benzene rings is 2. The summed E-state index contributed by atoms with van der Waals surface area (Å²) in [5.74, 6) is 0.862. The number of ether oxygens (including phenoxy) is 1. The molecule has 0 aliphatic heterocycles. The van der Waals surface area contributed by atoms with Crippen molar-refractivity contribution in [2.75, 3.05) is 13.2 Å². The Morgan fingerprint density at radius 2 is 1.83 bits per heavy atom. The highest BCUT2D eigenvalue weighted by atomic mass is 16.5. The van der Waals surface area contributed by atoms with Crippen LogP contribution in [0.2, 0.25) is 0 Å². The van der Waals surface area contributed by atoms with Gasteiger partial charge >= 0.3 is 0 Å². The number of carbonyl (C=O) groups is 1. The van der Waals surface area contributed by atoms with Crippen LogP contribution in [0.5, 0.6) is 0 Å². The quantitative estimate of drug-likeness (QED) is 0.643. The van der Waals surface area contributed by atoms with E-state index in [1.54, 1.807) is 0 Å². The number of nitrogens with one attached hydrogen (secondary N) is 1. The van der Waals surface area contributed by atoms with Crippen molar-refractivity contribution in [1.29, 1.82) is 0 Å². The molecule has 1 heterocycles. The first-order valence-electron chi connectivity index (χ1n) is 8.17. The molecule has 3 aromatic rings. The van der Waals surface area contributed by atoms with Crippen LogP contribution in [-0.2, 0) is 22.6 Å². The van der Waals surface area contributed by atoms with E-state index in [0.717, 1.165) is 35.1 Å². The monoisotopic (exact) mass is 323 g/mol. The Hall–Kier alpha value is -2.59. The first kappa shape index (κ1) is 16.3. The van der Waals surface area contributed by atoms with E-state index in [-0.39, 0.29) is 12.5 Å². The number of amides is 1. The summed E-state index contributed by atoms with van der Waals surface area (Å²) in [6.45, 7) is 1.15. The number of hydrogen-bond acceptors (Lipinski definition) is 3. The molecule has 4 heteroatoms. The molecule has 1 amide bonds. The number of aryl methyl sites for hydroxylation is 1. The van der Waals surface area contributed by atoms with Crippen LogP contribution in [0.3, 0.4) is 0 Å². The maximum Gasteiger partial charge on any atom is 0.246 e. The maximum atomic E-state index is 11.7. The van der Waals surface area contributed by atoms with E-state index in [9.17, 15) is 4.79 Å². The Kier molecular flexibility index (Phi) is 5.64. The average molecular weight is 323 g/mol. The zero-order chi connectivity index (χ0) is 16.6. The Morgan fingerprint density at radius 3 is 2.67 bits per heavy atom. The zero-order valence-corrected chi connectivity index (χ0v) is 13.5. The lowest BCUT2D eigenvalue weighted by Gasteiger charge is -2.06. The van der Waals surface area contributed by atoms with Crippen LogP contribution in [-0.4, -0.2) is 19.1 Å². The molecule has 2 aromatic carbocycles. The second-order valence-corrected chi connectivity index (χ2v) is 5.68. The van der Waals surface area contributed by atoms with Crippen molar-refractivity contribution in [3.05, 3.63) is 72.0 Å². The molecular weight excluding hydrogens is 302 g/mol. The Bertz CT molecular complexity index is 747. The zero-order valence-electron chi connectivity index (χ0n) is 13.5. The van der Waals surface area contributed by atoms with E-state index < -0.39 is 0 Å². The van der Waals surface area contributed by atoms with Gasteiger partial charge in [-0.2, -0.15) is 0 Å². The third kappa shape index (κ3) is 4.70. The summed E-state index contributed by atoms with van der Waals surface area (Å²) >= 11 is 0. The molecule has 1 aromatic heterocycles. The third-order valence-corrected chi connectivity index (χ3v) is 3.74. The number of para-hydroxylation sites is 1. The normalized spacial score (nSPS) is 10.8. The number of carbonyl (C=O) groups excluding carboxylic acids is 1. The topological polar surface area (TPSA) is 51.5 Å². The molecule has 0 fully saturated rings. The van der Waals surface area contributed by atoms with Crippen LogP contribution < -0.4 is 5.32 Å². The lowest BCUT2D eigenvalue weighted by Crippen LogP contribution is -2.28. The van der Waals surface area contributed by atoms with Crippen molar-refractivity contribution in [2.24, 2.45) is 0 Å². The second kappa shape index (κ2) is 8.31. The van der Waals surface area contributed by atoms with Gasteiger partial charge in [-0.3, -0.25) is 4.79 Å². The summed E-state index contributed by atoms with van der Waals surface area (Å²) < 4.78 is 11.2. The summed E-state index contributed by atoms with van der Waals surface area (Å²) in [6.07, 6.45) is 1.64. The van der Waals surface area contributed by atoms with Crippen LogP contribution in [0.15, 0.2) is 65.1 Å². The minimum absolute atomic E-state index is 0.0829. The number of rotatable bonds is 8. The standard InChI is InChI=1S/C20H21NO3/c22-20(15-23-14-16-7-2-1-3-8-16)21-12-6-10-18-13-17-9-4-5-11-19(17)24-18/h1-5,7-9,11,13H,6,10,12,14-15H2,(H,21,22). The summed E-state index contributed by atoms with van der Waals surface area (Å²) in [5.41, 5.74) is 1.97. The van der Waals surface area contributed by atoms with Gasteiger partial charge in [0.2, 0.25) is 5.91 Å². The van der Waals surface area contributed by atoms with Crippen LogP contribution >= 0.6 is 0 Å². The van der Waals surface area contributed by atoms with Crippen molar-refractivity contribution in [3.63, 3.8) is 0 Å². The van der Waals surface area contributed by atoms with Gasteiger partial charge in [0, 0.05) is 18.4 Å². The van der Waals surface area contributed by atoms with E-state index in [1.165, 1.54) is 0 Å². The fraction of sp³-hybridized carbons (Fsp3) is 0.250. The fourth-order valence-corrected chi connectivity index (χ4v) is 2.54. The van der Waals surface area contributed by atoms with Crippen molar-refractivity contribution in [3.8, 4) is 0 Å². The van der Waals surface area contributed by atoms with Gasteiger partial charge in [-0.25, -0.2) is 0 Å². The Morgan fingerprint density at radius 1 is 1.04 bits per heavy atom. The lowest BCUT2D eigenvalue weighted by molar-refractivity contribution is -0.126. The third-order valence-electron chi connectivity index (χ3n) is 3.74. The van der Waals surface area contributed by atoms with Gasteiger partial charge in [0.15, 0.2) is 0 Å². The molecule has 0 aliphatic rings. The molecular formula is C20H21NO3. The summed E-state index contributed by atoms with van der Waals surface area (Å²) in [6, 6.07) is 19.8. The molecule has 1 N–H and O–H groups in total. The fourth-order valence-electron chi connectivity index (χ4n) is 2.54. The van der Waals surface area contributed by atoms with Crippen molar-refractivity contribution >= 4 is 16.9 Å². The van der Waals surface area contributed by atoms with Gasteiger partial charge in [0.05, 0.1) is 6.61 Å². The van der Waals surface area contributed by atoms with Gasteiger partial charge in [-0.15, -0.1) is 0 Å². The van der Waals surface area contributed by atoms with Crippen molar-refractivity contribution in [1.82, 2.24) is 5.32 Å². The molecule has 0 atom stereocenters. The number of furan rings is 1. The van der Waals surface area contributed by atoms with Crippen LogP contribution in [0, 0.1) is 0 Å². The molecule has 124 valence electrons. The summed E-state index contributed by atoms with van der Waals surface area (Å²) in [4.78, 5) is 11.7. The number of fused-ring (bicyclic) bond motifs is 1. The minimum atomic E-state index is -0.0875. The molecule has 0 saturated heterocycles. The Labute approximate surface area is 141 Å². The second-order valence-electron chi connectivity index (χ2n) is 5.68.